The largest absolute Gasteiger partial charge is 0.493 e. The molecule has 80 valence electrons. The molecule has 1 aromatic carbocycles. The third-order valence-corrected chi connectivity index (χ3v) is 1.65. The van der Waals surface area contributed by atoms with Gasteiger partial charge in [0.25, 0.3) is 0 Å². The van der Waals surface area contributed by atoms with E-state index in [9.17, 15) is 4.79 Å². The van der Waals surface area contributed by atoms with Crippen LogP contribution in [0.3, 0.4) is 0 Å². The van der Waals surface area contributed by atoms with Gasteiger partial charge in [-0.3, -0.25) is 4.79 Å². The van der Waals surface area contributed by atoms with Crippen molar-refractivity contribution in [3.05, 3.63) is 23.8 Å². The van der Waals surface area contributed by atoms with E-state index in [4.69, 9.17) is 14.7 Å². The zero-order valence-corrected chi connectivity index (χ0v) is 8.43. The summed E-state index contributed by atoms with van der Waals surface area (Å²) in [6.45, 7) is 1.31. The number of carbonyl (C=O) groups excluding carboxylic acids is 1. The lowest BCUT2D eigenvalue weighted by Crippen LogP contribution is -2.03. The zero-order chi connectivity index (χ0) is 11.3. The number of ether oxygens (including phenoxy) is 2. The lowest BCUT2D eigenvalue weighted by Gasteiger charge is -2.07. The van der Waals surface area contributed by atoms with Crippen LogP contribution in [0.1, 0.15) is 12.5 Å². The Morgan fingerprint density at radius 1 is 1.47 bits per heavy atom. The van der Waals surface area contributed by atoms with Gasteiger partial charge < -0.3 is 14.7 Å². The minimum absolute atomic E-state index is 0.333. The molecule has 0 spiro atoms. The van der Waals surface area contributed by atoms with Crippen LogP contribution in [-0.4, -0.2) is 24.5 Å². The van der Waals surface area contributed by atoms with Crippen molar-refractivity contribution in [2.24, 2.45) is 5.16 Å². The van der Waals surface area contributed by atoms with Crippen LogP contribution in [-0.2, 0) is 4.79 Å². The molecule has 0 radical (unpaired) electrons. The number of methoxy groups -OCH3 is 1. The Balaban J connectivity index is 3.03. The van der Waals surface area contributed by atoms with Crippen molar-refractivity contribution in [3.8, 4) is 11.5 Å². The molecule has 0 heterocycles. The summed E-state index contributed by atoms with van der Waals surface area (Å²) in [6.07, 6.45) is 1.25. The predicted molar refractivity (Wildman–Crippen MR) is 53.7 cm³/mol. The number of hydrogen-bond donors (Lipinski definition) is 1. The molecule has 5 heteroatoms. The van der Waals surface area contributed by atoms with Gasteiger partial charge >= 0.3 is 5.97 Å². The topological polar surface area (TPSA) is 68.1 Å². The molecule has 15 heavy (non-hydrogen) atoms. The summed E-state index contributed by atoms with van der Waals surface area (Å²) >= 11 is 0. The average molecular weight is 209 g/mol. The first-order chi connectivity index (χ1) is 7.17. The second-order valence-electron chi connectivity index (χ2n) is 2.75. The van der Waals surface area contributed by atoms with Crippen molar-refractivity contribution in [2.45, 2.75) is 6.92 Å². The van der Waals surface area contributed by atoms with Gasteiger partial charge in [0.2, 0.25) is 0 Å². The van der Waals surface area contributed by atoms with Gasteiger partial charge in [-0.05, 0) is 18.2 Å². The number of esters is 1. The van der Waals surface area contributed by atoms with Crippen LogP contribution < -0.4 is 9.47 Å². The first-order valence-electron chi connectivity index (χ1n) is 4.21. The van der Waals surface area contributed by atoms with Crippen molar-refractivity contribution < 1.29 is 19.5 Å². The van der Waals surface area contributed by atoms with Crippen LogP contribution in [0.25, 0.3) is 0 Å². The maximum absolute atomic E-state index is 10.7. The van der Waals surface area contributed by atoms with E-state index in [-0.39, 0.29) is 0 Å². The molecule has 5 nitrogen and oxygen atoms in total. The summed E-state index contributed by atoms with van der Waals surface area (Å²) in [5.41, 5.74) is 0.644. The third kappa shape index (κ3) is 2.98. The molecule has 0 saturated carbocycles. The van der Waals surface area contributed by atoms with Crippen molar-refractivity contribution >= 4 is 12.2 Å². The van der Waals surface area contributed by atoms with Gasteiger partial charge in [-0.25, -0.2) is 0 Å². The average Bonchev–Trinajstić information content (AvgIpc) is 2.20. The Hall–Kier alpha value is -2.04. The van der Waals surface area contributed by atoms with E-state index in [1.807, 2.05) is 0 Å². The van der Waals surface area contributed by atoms with E-state index in [2.05, 4.69) is 5.16 Å². The van der Waals surface area contributed by atoms with Gasteiger partial charge in [0.15, 0.2) is 11.5 Å². The highest BCUT2D eigenvalue weighted by molar-refractivity contribution is 5.81. The van der Waals surface area contributed by atoms with E-state index in [0.29, 0.717) is 17.1 Å². The minimum atomic E-state index is -0.420. The number of oxime groups is 1. The molecule has 1 N–H and O–H groups in total. The van der Waals surface area contributed by atoms with Gasteiger partial charge in [-0.1, -0.05) is 5.16 Å². The Bertz CT molecular complexity index is 387. The van der Waals surface area contributed by atoms with Crippen LogP contribution in [0, 0.1) is 0 Å². The molecule has 0 bridgehead atoms. The Labute approximate surface area is 86.9 Å². The number of nitrogens with zero attached hydrogens (tertiary/aromatic N) is 1. The van der Waals surface area contributed by atoms with Gasteiger partial charge in [0.05, 0.1) is 13.3 Å². The van der Waals surface area contributed by atoms with Gasteiger partial charge in [-0.2, -0.15) is 0 Å². The summed E-state index contributed by atoms with van der Waals surface area (Å²) in [5, 5.41) is 11.2. The third-order valence-electron chi connectivity index (χ3n) is 1.65. The van der Waals surface area contributed by atoms with E-state index in [0.717, 1.165) is 0 Å². The van der Waals surface area contributed by atoms with E-state index >= 15 is 0 Å². The zero-order valence-electron chi connectivity index (χ0n) is 8.43. The monoisotopic (exact) mass is 209 g/mol. The molecule has 0 unspecified atom stereocenters. The summed E-state index contributed by atoms with van der Waals surface area (Å²) in [5.74, 6) is 0.319. The van der Waals surface area contributed by atoms with Crippen molar-refractivity contribution in [3.63, 3.8) is 0 Å². The lowest BCUT2D eigenvalue weighted by molar-refractivity contribution is -0.132. The molecule has 1 aromatic rings. The summed E-state index contributed by atoms with van der Waals surface area (Å²) in [4.78, 5) is 10.7. The normalized spacial score (nSPS) is 10.3. The standard InChI is InChI=1S/C10H11NO4/c1-7(12)15-9-4-3-8(6-11-13)5-10(9)14-2/h3-6,13H,1-2H3. The summed E-state index contributed by atoms with van der Waals surface area (Å²) in [6, 6.07) is 4.80. The molecule has 0 aliphatic carbocycles. The van der Waals surface area contributed by atoms with E-state index < -0.39 is 5.97 Å². The molecule has 0 atom stereocenters. The second kappa shape index (κ2) is 4.99. The van der Waals surface area contributed by atoms with E-state index in [1.54, 1.807) is 18.2 Å². The molecule has 0 aliphatic heterocycles. The molecule has 0 saturated heterocycles. The van der Waals surface area contributed by atoms with Crippen LogP contribution in [0.5, 0.6) is 11.5 Å². The maximum atomic E-state index is 10.7. The van der Waals surface area contributed by atoms with Crippen LogP contribution in [0.4, 0.5) is 0 Å². The molecule has 1 rings (SSSR count). The van der Waals surface area contributed by atoms with Gasteiger partial charge in [-0.15, -0.1) is 0 Å². The quantitative estimate of drug-likeness (QED) is 0.269. The fraction of sp³-hybridized carbons (Fsp3) is 0.200. The minimum Gasteiger partial charge on any atom is -0.493 e. The molecule has 0 fully saturated rings. The van der Waals surface area contributed by atoms with Crippen LogP contribution in [0.2, 0.25) is 0 Å². The maximum Gasteiger partial charge on any atom is 0.308 e. The van der Waals surface area contributed by atoms with Gasteiger partial charge in [0, 0.05) is 12.5 Å². The van der Waals surface area contributed by atoms with Crippen LogP contribution in [0.15, 0.2) is 23.4 Å². The summed E-state index contributed by atoms with van der Waals surface area (Å²) in [7, 11) is 1.46. The molecule has 0 aromatic heterocycles. The van der Waals surface area contributed by atoms with Crippen molar-refractivity contribution in [1.29, 1.82) is 0 Å². The highest BCUT2D eigenvalue weighted by atomic mass is 16.6. The summed E-state index contributed by atoms with van der Waals surface area (Å²) < 4.78 is 9.91. The molecular formula is C10H11NO4. The molecule has 0 amide bonds. The van der Waals surface area contributed by atoms with Crippen LogP contribution >= 0.6 is 0 Å². The lowest BCUT2D eigenvalue weighted by atomic mass is 10.2. The fourth-order valence-corrected chi connectivity index (χ4v) is 1.07. The Kier molecular flexibility index (Phi) is 3.68. The fourth-order valence-electron chi connectivity index (χ4n) is 1.07. The van der Waals surface area contributed by atoms with Gasteiger partial charge in [0.1, 0.15) is 0 Å². The van der Waals surface area contributed by atoms with E-state index in [1.165, 1.54) is 20.2 Å². The first kappa shape index (κ1) is 11.0. The Morgan fingerprint density at radius 2 is 2.20 bits per heavy atom. The number of hydrogen-bond acceptors (Lipinski definition) is 5. The number of rotatable bonds is 3. The SMILES string of the molecule is COc1cc(C=NO)ccc1OC(C)=O. The smallest absolute Gasteiger partial charge is 0.308 e. The highest BCUT2D eigenvalue weighted by Gasteiger charge is 2.06. The molecule has 0 aliphatic rings. The first-order valence-corrected chi connectivity index (χ1v) is 4.21. The Morgan fingerprint density at radius 3 is 2.73 bits per heavy atom. The van der Waals surface area contributed by atoms with Crippen molar-refractivity contribution in [2.75, 3.05) is 7.11 Å². The molecular weight excluding hydrogens is 198 g/mol. The highest BCUT2D eigenvalue weighted by Crippen LogP contribution is 2.27. The van der Waals surface area contributed by atoms with Crippen molar-refractivity contribution in [1.82, 2.24) is 0 Å². The number of benzene rings is 1. The second-order valence-corrected chi connectivity index (χ2v) is 2.75. The number of carbonyl (C=O) groups is 1. The predicted octanol–water partition coefficient (Wildman–Crippen LogP) is 1.43.